The van der Waals surface area contributed by atoms with Crippen LogP contribution in [0.5, 0.6) is 0 Å². The molecule has 0 aromatic rings. The number of carbonyl (C=O) groups excluding carboxylic acids is 2. The summed E-state index contributed by atoms with van der Waals surface area (Å²) >= 11 is 0. The Bertz CT molecular complexity index is 473. The minimum Gasteiger partial charge on any atom is -0.462 e. The molecule has 7 nitrogen and oxygen atoms in total. The van der Waals surface area contributed by atoms with Crippen molar-refractivity contribution < 1.29 is 23.8 Å². The van der Waals surface area contributed by atoms with Crippen molar-refractivity contribution in [3.05, 3.63) is 0 Å². The van der Waals surface area contributed by atoms with Crippen LogP contribution >= 0.6 is 0 Å². The Hall–Kier alpha value is -1.34. The molecule has 1 amide bonds. The first-order chi connectivity index (χ1) is 12.2. The van der Waals surface area contributed by atoms with E-state index in [-0.39, 0.29) is 12.1 Å². The lowest BCUT2D eigenvalue weighted by Crippen LogP contribution is -2.39. The molecule has 2 aliphatic rings. The van der Waals surface area contributed by atoms with Crippen molar-refractivity contribution in [2.45, 2.75) is 58.7 Å². The van der Waals surface area contributed by atoms with E-state index < -0.39 is 11.7 Å². The Morgan fingerprint density at radius 1 is 1.12 bits per heavy atom. The minimum atomic E-state index is -0.498. The fourth-order valence-corrected chi connectivity index (χ4v) is 2.73. The average Bonchev–Trinajstić information content (AvgIpc) is 3.38. The third-order valence-electron chi connectivity index (χ3n) is 4.50. The highest BCUT2D eigenvalue weighted by atomic mass is 16.6. The van der Waals surface area contributed by atoms with Crippen molar-refractivity contribution in [2.24, 2.45) is 5.92 Å². The fourth-order valence-electron chi connectivity index (χ4n) is 2.73. The molecule has 1 aliphatic carbocycles. The summed E-state index contributed by atoms with van der Waals surface area (Å²) < 4.78 is 16.3. The summed E-state index contributed by atoms with van der Waals surface area (Å²) in [4.78, 5) is 28.1. The van der Waals surface area contributed by atoms with Gasteiger partial charge in [-0.3, -0.25) is 4.90 Å². The molecule has 150 valence electrons. The van der Waals surface area contributed by atoms with Gasteiger partial charge in [0.25, 0.3) is 0 Å². The smallest absolute Gasteiger partial charge is 0.410 e. The van der Waals surface area contributed by atoms with Gasteiger partial charge in [0, 0.05) is 32.7 Å². The van der Waals surface area contributed by atoms with Gasteiger partial charge >= 0.3 is 12.1 Å². The highest BCUT2D eigenvalue weighted by Crippen LogP contribution is 2.29. The Balaban J connectivity index is 1.62. The van der Waals surface area contributed by atoms with Gasteiger partial charge in [0.05, 0.1) is 6.61 Å². The lowest BCUT2D eigenvalue weighted by Gasteiger charge is -2.26. The molecule has 0 aromatic heterocycles. The van der Waals surface area contributed by atoms with Gasteiger partial charge in [0.1, 0.15) is 12.2 Å². The van der Waals surface area contributed by atoms with Gasteiger partial charge in [-0.05, 0) is 52.9 Å². The van der Waals surface area contributed by atoms with Gasteiger partial charge in [-0.25, -0.2) is 9.59 Å². The van der Waals surface area contributed by atoms with E-state index >= 15 is 0 Å². The maximum Gasteiger partial charge on any atom is 0.410 e. The van der Waals surface area contributed by atoms with E-state index in [9.17, 15) is 9.59 Å². The fraction of sp³-hybridized carbons (Fsp3) is 0.895. The van der Waals surface area contributed by atoms with E-state index in [0.29, 0.717) is 38.8 Å². The Morgan fingerprint density at radius 2 is 1.85 bits per heavy atom. The first-order valence-corrected chi connectivity index (χ1v) is 9.73. The van der Waals surface area contributed by atoms with Crippen LogP contribution in [-0.2, 0) is 19.0 Å². The maximum absolute atomic E-state index is 12.2. The number of rotatable bonds is 7. The van der Waals surface area contributed by atoms with Crippen molar-refractivity contribution in [1.82, 2.24) is 9.80 Å². The molecule has 0 N–H and O–H groups in total. The van der Waals surface area contributed by atoms with Crippen LogP contribution in [0.25, 0.3) is 0 Å². The average molecular weight is 370 g/mol. The summed E-state index contributed by atoms with van der Waals surface area (Å²) in [6.07, 6.45) is 2.54. The number of carbonyl (C=O) groups is 2. The number of nitrogens with zero attached hydrogens (tertiary/aromatic N) is 2. The van der Waals surface area contributed by atoms with Crippen LogP contribution in [0.15, 0.2) is 0 Å². The predicted octanol–water partition coefficient (Wildman–Crippen LogP) is 2.29. The van der Waals surface area contributed by atoms with Gasteiger partial charge in [-0.2, -0.15) is 0 Å². The first-order valence-electron chi connectivity index (χ1n) is 9.73. The van der Waals surface area contributed by atoms with Gasteiger partial charge in [-0.15, -0.1) is 0 Å². The van der Waals surface area contributed by atoms with Gasteiger partial charge in [0.2, 0.25) is 0 Å². The van der Waals surface area contributed by atoms with Crippen molar-refractivity contribution in [2.75, 3.05) is 45.9 Å². The van der Waals surface area contributed by atoms with Crippen LogP contribution in [0, 0.1) is 5.92 Å². The zero-order valence-electron chi connectivity index (χ0n) is 16.7. The van der Waals surface area contributed by atoms with E-state index in [4.69, 9.17) is 14.2 Å². The number of amides is 1. The summed E-state index contributed by atoms with van der Waals surface area (Å²) in [7, 11) is 0. The van der Waals surface area contributed by atoms with Crippen LogP contribution in [0.4, 0.5) is 4.79 Å². The van der Waals surface area contributed by atoms with E-state index in [2.05, 4.69) is 4.90 Å². The summed E-state index contributed by atoms with van der Waals surface area (Å²) in [5.74, 6) is 0.339. The lowest BCUT2D eigenvalue weighted by atomic mass is 10.2. The second kappa shape index (κ2) is 9.55. The topological polar surface area (TPSA) is 68.3 Å². The van der Waals surface area contributed by atoms with E-state index in [0.717, 1.165) is 19.5 Å². The zero-order chi connectivity index (χ0) is 19.2. The zero-order valence-corrected chi connectivity index (χ0v) is 16.7. The molecule has 2 fully saturated rings. The molecule has 0 radical (unpaired) electrons. The van der Waals surface area contributed by atoms with E-state index in [1.54, 1.807) is 11.8 Å². The molecule has 1 saturated carbocycles. The van der Waals surface area contributed by atoms with Gasteiger partial charge in [0.15, 0.2) is 6.10 Å². The van der Waals surface area contributed by atoms with Gasteiger partial charge in [-0.1, -0.05) is 0 Å². The molecule has 7 heteroatoms. The first kappa shape index (κ1) is 21.0. The molecule has 0 spiro atoms. The molecule has 2 rings (SSSR count). The third-order valence-corrected chi connectivity index (χ3v) is 4.50. The third kappa shape index (κ3) is 7.91. The highest BCUT2D eigenvalue weighted by Gasteiger charge is 2.26. The Morgan fingerprint density at radius 3 is 2.50 bits per heavy atom. The van der Waals surface area contributed by atoms with Crippen molar-refractivity contribution in [3.8, 4) is 0 Å². The van der Waals surface area contributed by atoms with Crippen LogP contribution < -0.4 is 0 Å². The highest BCUT2D eigenvalue weighted by molar-refractivity contribution is 5.74. The Labute approximate surface area is 156 Å². The predicted molar refractivity (Wildman–Crippen MR) is 98.0 cm³/mol. The number of esters is 1. The molecule has 0 bridgehead atoms. The molecule has 26 heavy (non-hydrogen) atoms. The Kier molecular flexibility index (Phi) is 7.70. The molecular weight excluding hydrogens is 336 g/mol. The largest absolute Gasteiger partial charge is 0.462 e. The van der Waals surface area contributed by atoms with Crippen LogP contribution in [0.3, 0.4) is 0 Å². The molecule has 1 heterocycles. The number of ether oxygens (including phenoxy) is 3. The lowest BCUT2D eigenvalue weighted by molar-refractivity contribution is -0.156. The van der Waals surface area contributed by atoms with Crippen LogP contribution in [0.1, 0.15) is 47.0 Å². The molecule has 1 aliphatic heterocycles. The SMILES string of the molecule is C[C@H](OCC1CC1)C(=O)OCCN1CCCN(C(=O)OC(C)(C)C)CC1. The maximum atomic E-state index is 12.2. The summed E-state index contributed by atoms with van der Waals surface area (Å²) in [5.41, 5.74) is -0.477. The molecule has 0 aromatic carbocycles. The summed E-state index contributed by atoms with van der Waals surface area (Å²) in [6, 6.07) is 0. The quantitative estimate of drug-likeness (QED) is 0.641. The summed E-state index contributed by atoms with van der Waals surface area (Å²) in [5, 5.41) is 0. The van der Waals surface area contributed by atoms with Crippen LogP contribution in [0.2, 0.25) is 0 Å². The van der Waals surface area contributed by atoms with E-state index in [1.165, 1.54) is 12.8 Å². The second-order valence-electron chi connectivity index (χ2n) is 8.25. The molecule has 0 unspecified atom stereocenters. The number of hydrogen-bond acceptors (Lipinski definition) is 6. The summed E-state index contributed by atoms with van der Waals surface area (Å²) in [6.45, 7) is 12.0. The molecule has 1 atom stereocenters. The monoisotopic (exact) mass is 370 g/mol. The van der Waals surface area contributed by atoms with Crippen molar-refractivity contribution in [1.29, 1.82) is 0 Å². The standard InChI is InChI=1S/C19H34N2O5/c1-15(25-14-16-6-7-16)17(22)24-13-12-20-8-5-9-21(11-10-20)18(23)26-19(2,3)4/h15-16H,5-14H2,1-4H3/t15-/m0/s1. The number of hydrogen-bond donors (Lipinski definition) is 0. The molecular formula is C19H34N2O5. The van der Waals surface area contributed by atoms with Crippen LogP contribution in [-0.4, -0.2) is 79.5 Å². The van der Waals surface area contributed by atoms with Crippen molar-refractivity contribution >= 4 is 12.1 Å². The second-order valence-corrected chi connectivity index (χ2v) is 8.25. The van der Waals surface area contributed by atoms with E-state index in [1.807, 2.05) is 20.8 Å². The van der Waals surface area contributed by atoms with Crippen molar-refractivity contribution in [3.63, 3.8) is 0 Å². The van der Waals surface area contributed by atoms with Gasteiger partial charge < -0.3 is 19.1 Å². The minimum absolute atomic E-state index is 0.257. The normalized spacial score (nSPS) is 20.4. The molecule has 1 saturated heterocycles.